The van der Waals surface area contributed by atoms with E-state index in [9.17, 15) is 13.2 Å². The zero-order chi connectivity index (χ0) is 22.4. The molecule has 32 heavy (non-hydrogen) atoms. The molecule has 8 nitrogen and oxygen atoms in total. The minimum absolute atomic E-state index is 0.0672. The minimum atomic E-state index is -3.67. The lowest BCUT2D eigenvalue weighted by Crippen LogP contribution is -2.22. The first-order valence-corrected chi connectivity index (χ1v) is 11.2. The molecule has 0 saturated carbocycles. The number of nitrogens with one attached hydrogen (secondary N) is 2. The van der Waals surface area contributed by atoms with Gasteiger partial charge in [0.1, 0.15) is 5.76 Å². The van der Waals surface area contributed by atoms with Crippen molar-refractivity contribution in [3.8, 4) is 5.69 Å². The van der Waals surface area contributed by atoms with Crippen molar-refractivity contribution in [2.75, 3.05) is 5.32 Å². The number of rotatable bonds is 8. The summed E-state index contributed by atoms with van der Waals surface area (Å²) in [6.45, 7) is 0.0672. The van der Waals surface area contributed by atoms with Gasteiger partial charge in [-0.15, -0.1) is 0 Å². The molecule has 0 spiro atoms. The number of furan rings is 1. The molecule has 0 unspecified atom stereocenters. The fourth-order valence-electron chi connectivity index (χ4n) is 2.97. The molecule has 0 bridgehead atoms. The second kappa shape index (κ2) is 9.46. The van der Waals surface area contributed by atoms with Crippen molar-refractivity contribution in [3.63, 3.8) is 0 Å². The lowest BCUT2D eigenvalue weighted by Gasteiger charge is -2.10. The zero-order valence-corrected chi connectivity index (χ0v) is 17.7. The van der Waals surface area contributed by atoms with E-state index in [1.54, 1.807) is 59.7 Å². The maximum absolute atomic E-state index is 12.4. The van der Waals surface area contributed by atoms with Crippen molar-refractivity contribution in [2.24, 2.45) is 0 Å². The molecule has 4 aromatic rings. The van der Waals surface area contributed by atoms with E-state index < -0.39 is 10.0 Å². The quantitative estimate of drug-likeness (QED) is 0.401. The fraction of sp³-hybridized carbons (Fsp3) is 0.0435. The Balaban J connectivity index is 1.39. The first-order chi connectivity index (χ1) is 15.5. The highest BCUT2D eigenvalue weighted by Crippen LogP contribution is 2.19. The van der Waals surface area contributed by atoms with Gasteiger partial charge in [0, 0.05) is 18.5 Å². The fourth-order valence-corrected chi connectivity index (χ4v) is 3.97. The van der Waals surface area contributed by atoms with Crippen molar-refractivity contribution in [1.29, 1.82) is 0 Å². The molecule has 2 aromatic carbocycles. The van der Waals surface area contributed by atoms with Crippen LogP contribution in [0.4, 0.5) is 5.69 Å². The Morgan fingerprint density at radius 1 is 1.06 bits per heavy atom. The standard InChI is InChI=1S/C23H20N4O4S/c28-23(26-21-5-1-2-6-22(21)27-14-13-24-17-27)12-9-18-7-10-20(11-8-18)32(29,30)25-16-19-4-3-15-31-19/h1-15,17,25H,16H2,(H,26,28)/b12-9+. The number of nitrogens with zero attached hydrogens (tertiary/aromatic N) is 2. The lowest BCUT2D eigenvalue weighted by atomic mass is 10.2. The first-order valence-electron chi connectivity index (χ1n) is 9.70. The number of amides is 1. The first kappa shape index (κ1) is 21.3. The molecule has 0 fully saturated rings. The summed E-state index contributed by atoms with van der Waals surface area (Å²) in [7, 11) is -3.67. The van der Waals surface area contributed by atoms with Crippen LogP contribution in [0, 0.1) is 0 Å². The Morgan fingerprint density at radius 2 is 1.88 bits per heavy atom. The van der Waals surface area contributed by atoms with E-state index in [0.717, 1.165) is 5.69 Å². The van der Waals surface area contributed by atoms with E-state index in [0.29, 0.717) is 17.0 Å². The maximum atomic E-state index is 12.4. The number of carbonyl (C=O) groups is 1. The predicted octanol–water partition coefficient (Wildman–Crippen LogP) is 3.60. The molecule has 0 aliphatic carbocycles. The van der Waals surface area contributed by atoms with Crippen LogP contribution in [0.5, 0.6) is 0 Å². The SMILES string of the molecule is O=C(/C=C/c1ccc(S(=O)(=O)NCc2ccco2)cc1)Nc1ccccc1-n1ccnc1. The van der Waals surface area contributed by atoms with Crippen molar-refractivity contribution in [2.45, 2.75) is 11.4 Å². The molecule has 0 aliphatic rings. The van der Waals surface area contributed by atoms with Gasteiger partial charge in [0.15, 0.2) is 0 Å². The molecule has 2 N–H and O–H groups in total. The van der Waals surface area contributed by atoms with Crippen molar-refractivity contribution in [1.82, 2.24) is 14.3 Å². The summed E-state index contributed by atoms with van der Waals surface area (Å²) >= 11 is 0. The molecule has 2 heterocycles. The molecular formula is C23H20N4O4S. The van der Waals surface area contributed by atoms with Crippen LogP contribution < -0.4 is 10.0 Å². The van der Waals surface area contributed by atoms with E-state index in [-0.39, 0.29) is 17.3 Å². The van der Waals surface area contributed by atoms with E-state index in [4.69, 9.17) is 4.42 Å². The highest BCUT2D eigenvalue weighted by molar-refractivity contribution is 7.89. The molecule has 1 amide bonds. The van der Waals surface area contributed by atoms with Gasteiger partial charge >= 0.3 is 0 Å². The molecule has 162 valence electrons. The number of hydrogen-bond donors (Lipinski definition) is 2. The summed E-state index contributed by atoms with van der Waals surface area (Å²) in [4.78, 5) is 16.5. The third-order valence-electron chi connectivity index (χ3n) is 4.58. The summed E-state index contributed by atoms with van der Waals surface area (Å²) in [6, 6.07) is 17.0. The van der Waals surface area contributed by atoms with Crippen LogP contribution in [0.2, 0.25) is 0 Å². The third-order valence-corrected chi connectivity index (χ3v) is 6.00. The number of para-hydroxylation sites is 2. The van der Waals surface area contributed by atoms with Crippen LogP contribution in [0.25, 0.3) is 11.8 Å². The highest BCUT2D eigenvalue weighted by atomic mass is 32.2. The Bertz CT molecular complexity index is 1310. The highest BCUT2D eigenvalue weighted by Gasteiger charge is 2.14. The maximum Gasteiger partial charge on any atom is 0.248 e. The average molecular weight is 449 g/mol. The van der Waals surface area contributed by atoms with E-state index in [2.05, 4.69) is 15.0 Å². The predicted molar refractivity (Wildman–Crippen MR) is 120 cm³/mol. The number of imidazole rings is 1. The number of hydrogen-bond acceptors (Lipinski definition) is 5. The topological polar surface area (TPSA) is 106 Å². The van der Waals surface area contributed by atoms with Gasteiger partial charge in [-0.2, -0.15) is 0 Å². The number of sulfonamides is 1. The third kappa shape index (κ3) is 5.20. The smallest absolute Gasteiger partial charge is 0.248 e. The molecule has 0 radical (unpaired) electrons. The van der Waals surface area contributed by atoms with Gasteiger partial charge in [-0.25, -0.2) is 18.1 Å². The number of aromatic nitrogens is 2. The Hall–Kier alpha value is -3.95. The van der Waals surface area contributed by atoms with Gasteiger partial charge in [-0.3, -0.25) is 4.79 Å². The molecule has 0 aliphatic heterocycles. The van der Waals surface area contributed by atoms with Crippen LogP contribution in [-0.4, -0.2) is 23.9 Å². The number of anilines is 1. The van der Waals surface area contributed by atoms with Crippen LogP contribution in [0.1, 0.15) is 11.3 Å². The molecule has 2 aromatic heterocycles. The summed E-state index contributed by atoms with van der Waals surface area (Å²) in [5.74, 6) is 0.211. The van der Waals surface area contributed by atoms with E-state index >= 15 is 0 Å². The van der Waals surface area contributed by atoms with Gasteiger partial charge in [-0.1, -0.05) is 24.3 Å². The monoisotopic (exact) mass is 448 g/mol. The van der Waals surface area contributed by atoms with Crippen molar-refractivity contribution >= 4 is 27.7 Å². The minimum Gasteiger partial charge on any atom is -0.468 e. The second-order valence-electron chi connectivity index (χ2n) is 6.78. The van der Waals surface area contributed by atoms with Gasteiger partial charge in [0.2, 0.25) is 15.9 Å². The van der Waals surface area contributed by atoms with Gasteiger partial charge in [0.05, 0.1) is 35.4 Å². The average Bonchev–Trinajstić information content (AvgIpc) is 3.51. The summed E-state index contributed by atoms with van der Waals surface area (Å²) in [5.41, 5.74) is 2.13. The summed E-state index contributed by atoms with van der Waals surface area (Å²) in [6.07, 6.45) is 9.59. The molecule has 0 saturated heterocycles. The molecule has 4 rings (SSSR count). The van der Waals surface area contributed by atoms with Gasteiger partial charge < -0.3 is 14.3 Å². The zero-order valence-electron chi connectivity index (χ0n) is 16.9. The Morgan fingerprint density at radius 3 is 2.59 bits per heavy atom. The normalized spacial score (nSPS) is 11.6. The Kier molecular flexibility index (Phi) is 6.29. The van der Waals surface area contributed by atoms with Crippen LogP contribution >= 0.6 is 0 Å². The van der Waals surface area contributed by atoms with E-state index in [1.807, 2.05) is 18.2 Å². The second-order valence-corrected chi connectivity index (χ2v) is 8.55. The summed E-state index contributed by atoms with van der Waals surface area (Å²) < 4.78 is 34.2. The van der Waals surface area contributed by atoms with Crippen LogP contribution in [-0.2, 0) is 21.4 Å². The molecule has 0 atom stereocenters. The number of carbonyl (C=O) groups excluding carboxylic acids is 1. The van der Waals surface area contributed by atoms with Crippen molar-refractivity contribution < 1.29 is 17.6 Å². The van der Waals surface area contributed by atoms with E-state index in [1.165, 1.54) is 24.5 Å². The van der Waals surface area contributed by atoms with Crippen LogP contribution in [0.3, 0.4) is 0 Å². The molecular weight excluding hydrogens is 428 g/mol. The van der Waals surface area contributed by atoms with Crippen molar-refractivity contribution in [3.05, 3.63) is 103 Å². The molecule has 9 heteroatoms. The number of benzene rings is 2. The van der Waals surface area contributed by atoms with Gasteiger partial charge in [-0.05, 0) is 48.0 Å². The Labute approximate surface area is 185 Å². The largest absolute Gasteiger partial charge is 0.468 e. The summed E-state index contributed by atoms with van der Waals surface area (Å²) in [5, 5.41) is 2.85. The van der Waals surface area contributed by atoms with Crippen LogP contribution in [0.15, 0.2) is 101 Å². The van der Waals surface area contributed by atoms with Gasteiger partial charge in [0.25, 0.3) is 0 Å². The lowest BCUT2D eigenvalue weighted by molar-refractivity contribution is -0.111.